The third-order valence-electron chi connectivity index (χ3n) is 5.60. The molecule has 0 spiro atoms. The van der Waals surface area contributed by atoms with E-state index in [1.165, 1.54) is 11.3 Å². The molecule has 1 aliphatic rings. The van der Waals surface area contributed by atoms with Gasteiger partial charge in [0.05, 0.1) is 24.3 Å². The topological polar surface area (TPSA) is 71.5 Å². The molecule has 0 saturated carbocycles. The predicted octanol–water partition coefficient (Wildman–Crippen LogP) is 4.30. The van der Waals surface area contributed by atoms with Gasteiger partial charge in [-0.15, -0.1) is 11.3 Å². The van der Waals surface area contributed by atoms with Gasteiger partial charge in [-0.05, 0) is 38.3 Å². The van der Waals surface area contributed by atoms with E-state index in [0.717, 1.165) is 60.7 Å². The Morgan fingerprint density at radius 1 is 1.19 bits per heavy atom. The van der Waals surface area contributed by atoms with E-state index in [4.69, 9.17) is 4.74 Å². The zero-order chi connectivity index (χ0) is 22.1. The average molecular weight is 444 g/mol. The number of para-hydroxylation sites is 1. The van der Waals surface area contributed by atoms with Crippen molar-refractivity contribution < 1.29 is 14.3 Å². The van der Waals surface area contributed by atoms with Crippen LogP contribution in [-0.2, 0) is 16.0 Å². The fourth-order valence-electron chi connectivity index (χ4n) is 3.83. The number of carbonyl (C=O) groups is 2. The zero-order valence-electron chi connectivity index (χ0n) is 18.6. The van der Waals surface area contributed by atoms with Gasteiger partial charge in [0.15, 0.2) is 0 Å². The smallest absolute Gasteiger partial charge is 0.228 e. The van der Waals surface area contributed by atoms with Gasteiger partial charge in [0.2, 0.25) is 11.8 Å². The molecule has 1 saturated heterocycles. The van der Waals surface area contributed by atoms with Gasteiger partial charge in [0, 0.05) is 30.9 Å². The highest BCUT2D eigenvalue weighted by Crippen LogP contribution is 2.32. The Morgan fingerprint density at radius 2 is 1.97 bits per heavy atom. The van der Waals surface area contributed by atoms with Gasteiger partial charge in [-0.25, -0.2) is 4.98 Å². The quantitative estimate of drug-likeness (QED) is 0.556. The Kier molecular flexibility index (Phi) is 8.88. The van der Waals surface area contributed by atoms with Crippen molar-refractivity contribution in [1.82, 2.24) is 15.2 Å². The maximum absolute atomic E-state index is 12.8. The van der Waals surface area contributed by atoms with Gasteiger partial charge in [0.25, 0.3) is 0 Å². The molecule has 1 fully saturated rings. The summed E-state index contributed by atoms with van der Waals surface area (Å²) in [6.45, 7) is 6.74. The van der Waals surface area contributed by atoms with Crippen LogP contribution in [0.25, 0.3) is 10.6 Å². The van der Waals surface area contributed by atoms with E-state index in [1.807, 2.05) is 41.5 Å². The van der Waals surface area contributed by atoms with Crippen LogP contribution in [0.1, 0.15) is 51.6 Å². The molecule has 0 aliphatic carbocycles. The molecular weight excluding hydrogens is 410 g/mol. The Morgan fingerprint density at radius 3 is 2.71 bits per heavy atom. The van der Waals surface area contributed by atoms with Gasteiger partial charge in [0.1, 0.15) is 10.8 Å². The molecule has 0 atom stereocenters. The number of likely N-dealkylation sites (tertiary alicyclic amines) is 1. The van der Waals surface area contributed by atoms with Gasteiger partial charge in [-0.2, -0.15) is 0 Å². The molecule has 0 unspecified atom stereocenters. The summed E-state index contributed by atoms with van der Waals surface area (Å²) in [4.78, 5) is 31.6. The molecule has 0 radical (unpaired) electrons. The molecule has 1 aliphatic heterocycles. The van der Waals surface area contributed by atoms with Crippen molar-refractivity contribution in [2.24, 2.45) is 5.92 Å². The molecule has 2 aromatic rings. The van der Waals surface area contributed by atoms with E-state index in [1.54, 1.807) is 0 Å². The molecule has 3 rings (SSSR count). The summed E-state index contributed by atoms with van der Waals surface area (Å²) < 4.78 is 5.70. The summed E-state index contributed by atoms with van der Waals surface area (Å²) >= 11 is 1.53. The number of carbonyl (C=O) groups excluding carboxylic acids is 2. The molecule has 31 heavy (non-hydrogen) atoms. The Labute approximate surface area is 189 Å². The number of rotatable bonds is 10. The Bertz CT molecular complexity index is 859. The van der Waals surface area contributed by atoms with Crippen molar-refractivity contribution in [3.8, 4) is 16.3 Å². The third kappa shape index (κ3) is 6.53. The molecular formula is C24H33N3O3S. The number of unbranched alkanes of at least 4 members (excludes halogenated alkanes) is 2. The number of ether oxygens (including phenoxy) is 1. The number of hydrogen-bond acceptors (Lipinski definition) is 5. The molecule has 1 aromatic heterocycles. The summed E-state index contributed by atoms with van der Waals surface area (Å²) in [6, 6.07) is 7.85. The lowest BCUT2D eigenvalue weighted by molar-refractivity contribution is -0.135. The van der Waals surface area contributed by atoms with Gasteiger partial charge in [-0.3, -0.25) is 9.59 Å². The lowest BCUT2D eigenvalue weighted by Crippen LogP contribution is -2.43. The Hall–Kier alpha value is -2.41. The summed E-state index contributed by atoms with van der Waals surface area (Å²) in [6.07, 6.45) is 5.08. The monoisotopic (exact) mass is 443 g/mol. The minimum absolute atomic E-state index is 0.0200. The Balaban J connectivity index is 1.49. The number of amides is 2. The first kappa shape index (κ1) is 23.3. The number of aromatic nitrogens is 1. The first-order chi connectivity index (χ1) is 15.1. The van der Waals surface area contributed by atoms with Crippen LogP contribution in [-0.4, -0.2) is 47.9 Å². The minimum Gasteiger partial charge on any atom is -0.493 e. The molecule has 2 heterocycles. The minimum atomic E-state index is 0.0200. The third-order valence-corrected chi connectivity index (χ3v) is 6.52. The van der Waals surface area contributed by atoms with Crippen LogP contribution in [0.3, 0.4) is 0 Å². The van der Waals surface area contributed by atoms with E-state index in [-0.39, 0.29) is 17.7 Å². The van der Waals surface area contributed by atoms with Crippen molar-refractivity contribution in [3.05, 3.63) is 35.3 Å². The second kappa shape index (κ2) is 11.8. The first-order valence-electron chi connectivity index (χ1n) is 11.3. The first-order valence-corrected chi connectivity index (χ1v) is 12.2. The maximum atomic E-state index is 12.8. The lowest BCUT2D eigenvalue weighted by Gasteiger charge is -2.31. The fraction of sp³-hybridized carbons (Fsp3) is 0.542. The lowest BCUT2D eigenvalue weighted by atomic mass is 9.95. The number of nitrogens with one attached hydrogen (secondary N) is 1. The SMILES string of the molecule is CCCCCNC(=O)C1CCN(C(=O)Cc2csc(-c3ccccc3OCC)n2)CC1. The van der Waals surface area contributed by atoms with Crippen molar-refractivity contribution >= 4 is 23.2 Å². The summed E-state index contributed by atoms with van der Waals surface area (Å²) in [7, 11) is 0. The van der Waals surface area contributed by atoms with Crippen LogP contribution in [0.15, 0.2) is 29.6 Å². The number of piperidine rings is 1. The molecule has 1 N–H and O–H groups in total. The van der Waals surface area contributed by atoms with Crippen molar-refractivity contribution in [2.75, 3.05) is 26.2 Å². The van der Waals surface area contributed by atoms with Crippen LogP contribution in [0.2, 0.25) is 0 Å². The second-order valence-corrected chi connectivity index (χ2v) is 8.76. The van der Waals surface area contributed by atoms with Crippen molar-refractivity contribution in [1.29, 1.82) is 0 Å². The summed E-state index contributed by atoms with van der Waals surface area (Å²) in [5.74, 6) is 1.05. The van der Waals surface area contributed by atoms with Gasteiger partial charge >= 0.3 is 0 Å². The van der Waals surface area contributed by atoms with E-state index in [9.17, 15) is 9.59 Å². The largest absolute Gasteiger partial charge is 0.493 e. The van der Waals surface area contributed by atoms with Crippen LogP contribution < -0.4 is 10.1 Å². The molecule has 2 amide bonds. The predicted molar refractivity (Wildman–Crippen MR) is 124 cm³/mol. The van der Waals surface area contributed by atoms with E-state index >= 15 is 0 Å². The van der Waals surface area contributed by atoms with Crippen LogP contribution >= 0.6 is 11.3 Å². The van der Waals surface area contributed by atoms with E-state index in [2.05, 4.69) is 17.2 Å². The highest BCUT2D eigenvalue weighted by Gasteiger charge is 2.27. The highest BCUT2D eigenvalue weighted by molar-refractivity contribution is 7.13. The van der Waals surface area contributed by atoms with Crippen LogP contribution in [0, 0.1) is 5.92 Å². The van der Waals surface area contributed by atoms with E-state index in [0.29, 0.717) is 26.1 Å². The number of nitrogens with zero attached hydrogens (tertiary/aromatic N) is 2. The normalized spacial score (nSPS) is 14.5. The average Bonchev–Trinajstić information content (AvgIpc) is 3.25. The summed E-state index contributed by atoms with van der Waals surface area (Å²) in [5, 5.41) is 5.86. The van der Waals surface area contributed by atoms with Gasteiger partial charge in [-0.1, -0.05) is 31.9 Å². The number of hydrogen-bond donors (Lipinski definition) is 1. The molecule has 168 valence electrons. The molecule has 0 bridgehead atoms. The molecule has 6 nitrogen and oxygen atoms in total. The second-order valence-electron chi connectivity index (χ2n) is 7.90. The van der Waals surface area contributed by atoms with Crippen LogP contribution in [0.4, 0.5) is 0 Å². The summed E-state index contributed by atoms with van der Waals surface area (Å²) in [5.41, 5.74) is 1.74. The zero-order valence-corrected chi connectivity index (χ0v) is 19.4. The standard InChI is InChI=1S/C24H33N3O3S/c1-3-5-8-13-25-23(29)18-11-14-27(15-12-18)22(28)16-19-17-31-24(26-19)20-9-6-7-10-21(20)30-4-2/h6-7,9-10,17-18H,3-5,8,11-16H2,1-2H3,(H,25,29). The van der Waals surface area contributed by atoms with E-state index < -0.39 is 0 Å². The van der Waals surface area contributed by atoms with Gasteiger partial charge < -0.3 is 15.0 Å². The molecule has 1 aromatic carbocycles. The number of thiazole rings is 1. The van der Waals surface area contributed by atoms with Crippen molar-refractivity contribution in [2.45, 2.75) is 52.4 Å². The number of benzene rings is 1. The molecule has 7 heteroatoms. The van der Waals surface area contributed by atoms with Crippen LogP contribution in [0.5, 0.6) is 5.75 Å². The highest BCUT2D eigenvalue weighted by atomic mass is 32.1. The van der Waals surface area contributed by atoms with Crippen molar-refractivity contribution in [3.63, 3.8) is 0 Å². The fourth-order valence-corrected chi connectivity index (χ4v) is 4.67. The maximum Gasteiger partial charge on any atom is 0.228 e.